The van der Waals surface area contributed by atoms with Crippen molar-refractivity contribution in [1.82, 2.24) is 5.09 Å². The monoisotopic (exact) mass is 699 g/mol. The Bertz CT molecular complexity index is 1790. The summed E-state index contributed by atoms with van der Waals surface area (Å²) in [5.41, 5.74) is -0.339. The molecule has 0 saturated carbocycles. The van der Waals surface area contributed by atoms with E-state index in [2.05, 4.69) is 14.6 Å². The maximum atomic E-state index is 16.1. The van der Waals surface area contributed by atoms with Crippen molar-refractivity contribution in [3.05, 3.63) is 94.1 Å². The summed E-state index contributed by atoms with van der Waals surface area (Å²) in [4.78, 5) is 24.4. The van der Waals surface area contributed by atoms with E-state index in [1.54, 1.807) is 6.07 Å². The zero-order chi connectivity index (χ0) is 34.0. The number of nitrogens with one attached hydrogen (secondary N) is 1. The highest BCUT2D eigenvalue weighted by Crippen LogP contribution is 2.58. The van der Waals surface area contributed by atoms with Crippen molar-refractivity contribution in [2.45, 2.75) is 31.5 Å². The molecule has 3 unspecified atom stereocenters. The molecule has 7 nitrogen and oxygen atoms in total. The minimum absolute atomic E-state index is 0.0837. The lowest BCUT2D eigenvalue weighted by Gasteiger charge is -2.26. The first kappa shape index (κ1) is 34.8. The Morgan fingerprint density at radius 1 is 0.913 bits per heavy atom. The van der Waals surface area contributed by atoms with Crippen LogP contribution in [-0.2, 0) is 14.1 Å². The van der Waals surface area contributed by atoms with Crippen LogP contribution >= 0.6 is 18.9 Å². The highest BCUT2D eigenvalue weighted by Gasteiger charge is 2.41. The average Bonchev–Trinajstić information content (AvgIpc) is 3.44. The van der Waals surface area contributed by atoms with Gasteiger partial charge >= 0.3 is 25.6 Å². The molecule has 3 aromatic carbocycles. The van der Waals surface area contributed by atoms with Crippen LogP contribution in [0.4, 0.5) is 39.5 Å². The fourth-order valence-corrected chi connectivity index (χ4v) is 6.64. The number of para-hydroxylation sites is 1. The van der Waals surface area contributed by atoms with Crippen LogP contribution in [0, 0.1) is 29.1 Å². The molecule has 4 aromatic rings. The van der Waals surface area contributed by atoms with Gasteiger partial charge in [-0.2, -0.15) is 22.0 Å². The van der Waals surface area contributed by atoms with Gasteiger partial charge in [0.05, 0.1) is 13.0 Å². The van der Waals surface area contributed by atoms with Crippen LogP contribution in [0.3, 0.4) is 0 Å². The molecule has 0 radical (unpaired) electrons. The molecule has 246 valence electrons. The van der Waals surface area contributed by atoms with Crippen LogP contribution in [0.1, 0.15) is 34.5 Å². The van der Waals surface area contributed by atoms with Gasteiger partial charge in [-0.15, -0.1) is 11.3 Å². The lowest BCUT2D eigenvalue weighted by atomic mass is 10.2. The molecule has 0 aliphatic rings. The first-order valence-electron chi connectivity index (χ1n) is 12.8. The number of thiophene rings is 1. The van der Waals surface area contributed by atoms with Crippen LogP contribution in [0.2, 0.25) is 0 Å². The largest absolute Gasteiger partial charge is 0.464 e. The predicted molar refractivity (Wildman–Crippen MR) is 146 cm³/mol. The molecule has 0 aliphatic heterocycles. The zero-order valence-electron chi connectivity index (χ0n) is 23.0. The van der Waals surface area contributed by atoms with Gasteiger partial charge in [0, 0.05) is 4.70 Å². The molecule has 46 heavy (non-hydrogen) atoms. The normalized spacial score (nSPS) is 14.4. The first-order chi connectivity index (χ1) is 21.5. The van der Waals surface area contributed by atoms with Crippen LogP contribution in [0.5, 0.6) is 11.5 Å². The smallest absolute Gasteiger partial charge is 0.392 e. The van der Waals surface area contributed by atoms with Crippen molar-refractivity contribution in [2.24, 2.45) is 0 Å². The fraction of sp³-hybridized carbons (Fsp3) is 0.214. The maximum Gasteiger partial charge on any atom is 0.392 e. The number of carbonyl (C=O) groups excluding carboxylic acids is 2. The van der Waals surface area contributed by atoms with Gasteiger partial charge in [-0.25, -0.2) is 27.4 Å². The summed E-state index contributed by atoms with van der Waals surface area (Å²) in [5, 5.41) is 2.27. The number of esters is 2. The number of hydrogen-bond acceptors (Lipinski definition) is 7. The van der Waals surface area contributed by atoms with Crippen LogP contribution < -0.4 is 14.3 Å². The minimum atomic E-state index is -4.80. The topological polar surface area (TPSA) is 90.9 Å². The van der Waals surface area contributed by atoms with Crippen molar-refractivity contribution in [1.29, 1.82) is 0 Å². The van der Waals surface area contributed by atoms with Gasteiger partial charge in [0.2, 0.25) is 40.7 Å². The van der Waals surface area contributed by atoms with Crippen LogP contribution in [-0.4, -0.2) is 30.8 Å². The third kappa shape index (κ3) is 7.82. The molecular weight excluding hydrogens is 680 g/mol. The molecule has 0 saturated heterocycles. The van der Waals surface area contributed by atoms with E-state index in [1.807, 2.05) is 0 Å². The Balaban J connectivity index is 1.60. The van der Waals surface area contributed by atoms with E-state index in [0.717, 1.165) is 25.1 Å². The fourth-order valence-electron chi connectivity index (χ4n) is 3.82. The van der Waals surface area contributed by atoms with Gasteiger partial charge in [0.1, 0.15) is 16.7 Å². The maximum absolute atomic E-state index is 16.1. The molecule has 0 fully saturated rings. The molecule has 18 heteroatoms. The second kappa shape index (κ2) is 13.7. The van der Waals surface area contributed by atoms with Gasteiger partial charge < -0.3 is 14.0 Å². The van der Waals surface area contributed by atoms with Crippen molar-refractivity contribution in [3.8, 4) is 11.5 Å². The SMILES string of the molecule is CC(NP(=O)(Oc1ccccc1)C(F)c1ccc2sc(C(=O)Oc3c(F)c(F)c(F)c(F)c3F)cc2c1)C(=O)OCCC(F)(F)F. The van der Waals surface area contributed by atoms with E-state index in [-0.39, 0.29) is 21.4 Å². The van der Waals surface area contributed by atoms with Crippen molar-refractivity contribution in [3.63, 3.8) is 0 Å². The van der Waals surface area contributed by atoms with Gasteiger partial charge in [-0.3, -0.25) is 9.36 Å². The van der Waals surface area contributed by atoms with E-state index >= 15 is 4.39 Å². The number of ether oxygens (including phenoxy) is 2. The first-order valence-corrected chi connectivity index (χ1v) is 15.3. The minimum Gasteiger partial charge on any atom is -0.464 e. The van der Waals surface area contributed by atoms with E-state index in [4.69, 9.17) is 4.52 Å². The highest BCUT2D eigenvalue weighted by atomic mass is 32.1. The number of halogens is 9. The standard InChI is InChI=1S/C28H19F9NO6PS/c1-13(26(39)42-10-9-28(35,36)37)38-45(41,44-16-5-3-2-4-6-16)25(34)14-7-8-17-15(11-14)12-18(46-17)27(40)43-24-22(32)20(30)19(29)21(31)23(24)33/h2-8,11-13,25H,9-10H2,1H3,(H,38,41). The number of rotatable bonds is 11. The second-order valence-corrected chi connectivity index (χ2v) is 12.6. The molecule has 4 rings (SSSR count). The quantitative estimate of drug-likeness (QED) is 0.0419. The predicted octanol–water partition coefficient (Wildman–Crippen LogP) is 8.53. The Kier molecular flexibility index (Phi) is 10.4. The van der Waals surface area contributed by atoms with Gasteiger partial charge in [-0.05, 0) is 48.2 Å². The summed E-state index contributed by atoms with van der Waals surface area (Å²) in [7, 11) is -4.80. The third-order valence-electron chi connectivity index (χ3n) is 6.02. The highest BCUT2D eigenvalue weighted by molar-refractivity contribution is 7.57. The summed E-state index contributed by atoms with van der Waals surface area (Å²) in [6.45, 7) is 0.0231. The lowest BCUT2D eigenvalue weighted by molar-refractivity contribution is -0.160. The zero-order valence-corrected chi connectivity index (χ0v) is 24.7. The number of alkyl halides is 4. The van der Waals surface area contributed by atoms with E-state index < -0.39 is 90.3 Å². The van der Waals surface area contributed by atoms with Crippen LogP contribution in [0.15, 0.2) is 54.6 Å². The van der Waals surface area contributed by atoms with E-state index in [1.165, 1.54) is 30.3 Å². The Labute approximate surface area is 257 Å². The summed E-state index contributed by atoms with van der Waals surface area (Å²) in [6, 6.07) is 10.0. The molecule has 0 aliphatic carbocycles. The van der Waals surface area contributed by atoms with E-state index in [0.29, 0.717) is 11.3 Å². The summed E-state index contributed by atoms with van der Waals surface area (Å²) in [6.07, 6.45) is -6.07. The van der Waals surface area contributed by atoms with Gasteiger partial charge in [-0.1, -0.05) is 24.3 Å². The Morgan fingerprint density at radius 2 is 1.52 bits per heavy atom. The van der Waals surface area contributed by atoms with Crippen LogP contribution in [0.25, 0.3) is 10.1 Å². The number of fused-ring (bicyclic) bond motifs is 1. The van der Waals surface area contributed by atoms with Crippen molar-refractivity contribution < 1.29 is 67.7 Å². The molecule has 0 bridgehead atoms. The molecule has 3 atom stereocenters. The number of carbonyl (C=O) groups is 2. The van der Waals surface area contributed by atoms with Crippen molar-refractivity contribution in [2.75, 3.05) is 6.61 Å². The molecular formula is C28H19F9NO6PS. The lowest BCUT2D eigenvalue weighted by Crippen LogP contribution is -2.36. The number of hydrogen-bond donors (Lipinski definition) is 1. The number of benzene rings is 3. The van der Waals surface area contributed by atoms with Gasteiger partial charge in [0.15, 0.2) is 0 Å². The summed E-state index contributed by atoms with van der Waals surface area (Å²) in [5.74, 6) is -19.2. The molecule has 1 N–H and O–H groups in total. The molecule has 0 spiro atoms. The molecule has 1 aromatic heterocycles. The van der Waals surface area contributed by atoms with E-state index in [9.17, 15) is 49.3 Å². The summed E-state index contributed by atoms with van der Waals surface area (Å²) < 4.78 is 150. The molecule has 1 heterocycles. The average molecular weight is 699 g/mol. The summed E-state index contributed by atoms with van der Waals surface area (Å²) >= 11 is 0.642. The van der Waals surface area contributed by atoms with Gasteiger partial charge in [0.25, 0.3) is 0 Å². The Morgan fingerprint density at radius 3 is 2.13 bits per heavy atom. The Hall–Kier alpha value is -4.08. The van der Waals surface area contributed by atoms with Crippen molar-refractivity contribution >= 4 is 40.9 Å². The third-order valence-corrected chi connectivity index (χ3v) is 9.24. The second-order valence-electron chi connectivity index (χ2n) is 9.42. The molecule has 0 amide bonds.